The number of hydrogen-bond acceptors (Lipinski definition) is 3. The number of nitrogens with zero attached hydrogens (tertiary/aromatic N) is 1. The van der Waals surface area contributed by atoms with Gasteiger partial charge in [0.2, 0.25) is 5.91 Å². The maximum atomic E-state index is 12.3. The van der Waals surface area contributed by atoms with Crippen LogP contribution in [-0.2, 0) is 4.79 Å². The second kappa shape index (κ2) is 6.36. The van der Waals surface area contributed by atoms with Crippen LogP contribution in [0, 0.1) is 13.8 Å². The molecule has 2 N–H and O–H groups in total. The van der Waals surface area contributed by atoms with Crippen LogP contribution in [0.1, 0.15) is 42.4 Å². The first-order valence-electron chi connectivity index (χ1n) is 7.63. The molecule has 5 heteroatoms. The van der Waals surface area contributed by atoms with E-state index in [1.54, 1.807) is 6.92 Å². The first-order valence-corrected chi connectivity index (χ1v) is 7.63. The van der Waals surface area contributed by atoms with Gasteiger partial charge in [0.05, 0.1) is 23.3 Å². The fraction of sp³-hybridized carbons (Fsp3) is 0.389. The van der Waals surface area contributed by atoms with Crippen molar-refractivity contribution >= 4 is 22.7 Å². The smallest absolute Gasteiger partial charge is 0.253 e. The van der Waals surface area contributed by atoms with Crippen LogP contribution in [0.3, 0.4) is 0 Å². The highest BCUT2D eigenvalue weighted by molar-refractivity contribution is 6.00. The second-order valence-electron chi connectivity index (χ2n) is 6.80. The van der Waals surface area contributed by atoms with Gasteiger partial charge in [-0.25, -0.2) is 0 Å². The van der Waals surface area contributed by atoms with Crippen LogP contribution in [-0.4, -0.2) is 28.9 Å². The molecule has 0 aliphatic heterocycles. The van der Waals surface area contributed by atoms with Gasteiger partial charge < -0.3 is 10.6 Å². The van der Waals surface area contributed by atoms with E-state index in [1.165, 1.54) is 0 Å². The number of carbonyl (C=O) groups is 2. The molecule has 5 nitrogen and oxygen atoms in total. The SMILES string of the molecule is Cc1ccc2nc(C)c(C(=O)NCC(=O)NC(C)(C)C)cc2c1. The standard InChI is InChI=1S/C18H23N3O2/c1-11-6-7-15-13(8-11)9-14(12(2)20-15)17(23)19-10-16(22)21-18(3,4)5/h6-9H,10H2,1-5H3,(H,19,23)(H,21,22). The number of hydrogen-bond donors (Lipinski definition) is 2. The number of pyridine rings is 1. The second-order valence-corrected chi connectivity index (χ2v) is 6.80. The number of nitrogens with one attached hydrogen (secondary N) is 2. The van der Waals surface area contributed by atoms with E-state index in [0.29, 0.717) is 11.3 Å². The lowest BCUT2D eigenvalue weighted by atomic mass is 10.1. The molecule has 2 rings (SSSR count). The molecule has 0 fully saturated rings. The Morgan fingerprint density at radius 3 is 2.48 bits per heavy atom. The Labute approximate surface area is 136 Å². The fourth-order valence-corrected chi connectivity index (χ4v) is 2.34. The predicted octanol–water partition coefficient (Wildman–Crippen LogP) is 2.50. The zero-order valence-corrected chi connectivity index (χ0v) is 14.3. The monoisotopic (exact) mass is 313 g/mol. The normalized spacial score (nSPS) is 11.3. The highest BCUT2D eigenvalue weighted by atomic mass is 16.2. The quantitative estimate of drug-likeness (QED) is 0.914. The lowest BCUT2D eigenvalue weighted by Gasteiger charge is -2.20. The minimum Gasteiger partial charge on any atom is -0.350 e. The Bertz CT molecular complexity index is 761. The maximum absolute atomic E-state index is 12.3. The molecule has 0 spiro atoms. The molecule has 2 amide bonds. The van der Waals surface area contributed by atoms with Gasteiger partial charge in [-0.1, -0.05) is 11.6 Å². The Hall–Kier alpha value is -2.43. The van der Waals surface area contributed by atoms with Crippen LogP contribution in [0.5, 0.6) is 0 Å². The summed E-state index contributed by atoms with van der Waals surface area (Å²) in [5.74, 6) is -0.504. The number of fused-ring (bicyclic) bond motifs is 1. The molecular formula is C18H23N3O2. The van der Waals surface area contributed by atoms with Gasteiger partial charge in [-0.15, -0.1) is 0 Å². The highest BCUT2D eigenvalue weighted by Crippen LogP contribution is 2.18. The highest BCUT2D eigenvalue weighted by Gasteiger charge is 2.16. The van der Waals surface area contributed by atoms with E-state index in [4.69, 9.17) is 0 Å². The van der Waals surface area contributed by atoms with E-state index in [2.05, 4.69) is 15.6 Å². The van der Waals surface area contributed by atoms with Crippen molar-refractivity contribution in [1.29, 1.82) is 0 Å². The molecule has 0 radical (unpaired) electrons. The molecule has 0 bridgehead atoms. The molecular weight excluding hydrogens is 290 g/mol. The summed E-state index contributed by atoms with van der Waals surface area (Å²) in [7, 11) is 0. The minimum atomic E-state index is -0.320. The molecule has 1 aromatic heterocycles. The first kappa shape index (κ1) is 16.9. The van der Waals surface area contributed by atoms with Crippen molar-refractivity contribution in [2.75, 3.05) is 6.54 Å². The molecule has 1 heterocycles. The van der Waals surface area contributed by atoms with Crippen molar-refractivity contribution in [3.63, 3.8) is 0 Å². The van der Waals surface area contributed by atoms with Gasteiger partial charge in [0.25, 0.3) is 5.91 Å². The lowest BCUT2D eigenvalue weighted by molar-refractivity contribution is -0.121. The summed E-state index contributed by atoms with van der Waals surface area (Å²) in [4.78, 5) is 28.6. The molecule has 0 saturated heterocycles. The zero-order chi connectivity index (χ0) is 17.2. The number of aromatic nitrogens is 1. The number of aryl methyl sites for hydroxylation is 2. The third kappa shape index (κ3) is 4.52. The summed E-state index contributed by atoms with van der Waals surface area (Å²) < 4.78 is 0. The van der Waals surface area contributed by atoms with E-state index in [0.717, 1.165) is 16.5 Å². The largest absolute Gasteiger partial charge is 0.350 e. The molecule has 0 atom stereocenters. The Balaban J connectivity index is 2.14. The van der Waals surface area contributed by atoms with Crippen molar-refractivity contribution in [3.8, 4) is 0 Å². The third-order valence-corrected chi connectivity index (χ3v) is 3.33. The summed E-state index contributed by atoms with van der Waals surface area (Å²) in [6, 6.07) is 7.74. The van der Waals surface area contributed by atoms with Crippen molar-refractivity contribution in [2.24, 2.45) is 0 Å². The topological polar surface area (TPSA) is 71.1 Å². The molecule has 0 unspecified atom stereocenters. The maximum Gasteiger partial charge on any atom is 0.253 e. The van der Waals surface area contributed by atoms with Gasteiger partial charge in [-0.05, 0) is 52.8 Å². The van der Waals surface area contributed by atoms with Crippen molar-refractivity contribution in [3.05, 3.63) is 41.1 Å². The van der Waals surface area contributed by atoms with Gasteiger partial charge >= 0.3 is 0 Å². The van der Waals surface area contributed by atoms with Crippen LogP contribution < -0.4 is 10.6 Å². The fourth-order valence-electron chi connectivity index (χ4n) is 2.34. The van der Waals surface area contributed by atoms with Gasteiger partial charge in [0.15, 0.2) is 0 Å². The van der Waals surface area contributed by atoms with Crippen molar-refractivity contribution in [2.45, 2.75) is 40.2 Å². The van der Waals surface area contributed by atoms with Gasteiger partial charge in [0, 0.05) is 10.9 Å². The molecule has 0 aliphatic carbocycles. The van der Waals surface area contributed by atoms with Crippen LogP contribution in [0.15, 0.2) is 24.3 Å². The molecule has 23 heavy (non-hydrogen) atoms. The van der Waals surface area contributed by atoms with E-state index < -0.39 is 0 Å². The van der Waals surface area contributed by atoms with Crippen molar-refractivity contribution < 1.29 is 9.59 Å². The molecule has 0 saturated carbocycles. The van der Waals surface area contributed by atoms with Crippen molar-refractivity contribution in [1.82, 2.24) is 15.6 Å². The van der Waals surface area contributed by atoms with Crippen LogP contribution >= 0.6 is 0 Å². The zero-order valence-electron chi connectivity index (χ0n) is 14.3. The van der Waals surface area contributed by atoms with E-state index in [9.17, 15) is 9.59 Å². The Morgan fingerprint density at radius 1 is 1.13 bits per heavy atom. The average molecular weight is 313 g/mol. The summed E-state index contributed by atoms with van der Waals surface area (Å²) in [6.45, 7) is 9.42. The molecule has 2 aromatic rings. The summed E-state index contributed by atoms with van der Waals surface area (Å²) in [5.41, 5.74) is 2.79. The predicted molar refractivity (Wildman–Crippen MR) is 91.4 cm³/mol. The van der Waals surface area contributed by atoms with Crippen LogP contribution in [0.2, 0.25) is 0 Å². The van der Waals surface area contributed by atoms with E-state index in [-0.39, 0.29) is 23.9 Å². The van der Waals surface area contributed by atoms with Crippen LogP contribution in [0.25, 0.3) is 10.9 Å². The molecule has 122 valence electrons. The first-order chi connectivity index (χ1) is 10.7. The van der Waals surface area contributed by atoms with Crippen LogP contribution in [0.4, 0.5) is 0 Å². The summed E-state index contributed by atoms with van der Waals surface area (Å²) in [5, 5.41) is 6.38. The third-order valence-electron chi connectivity index (χ3n) is 3.33. The molecule has 0 aliphatic rings. The number of amides is 2. The molecule has 1 aromatic carbocycles. The minimum absolute atomic E-state index is 0.0542. The van der Waals surface area contributed by atoms with Gasteiger partial charge in [0.1, 0.15) is 0 Å². The number of rotatable bonds is 3. The lowest BCUT2D eigenvalue weighted by Crippen LogP contribution is -2.45. The number of benzene rings is 1. The van der Waals surface area contributed by atoms with E-state index in [1.807, 2.05) is 52.0 Å². The van der Waals surface area contributed by atoms with Gasteiger partial charge in [-0.3, -0.25) is 14.6 Å². The average Bonchev–Trinajstić information content (AvgIpc) is 2.42. The summed E-state index contributed by atoms with van der Waals surface area (Å²) >= 11 is 0. The Kier molecular flexibility index (Phi) is 4.68. The Morgan fingerprint density at radius 2 is 1.83 bits per heavy atom. The van der Waals surface area contributed by atoms with E-state index >= 15 is 0 Å². The van der Waals surface area contributed by atoms with Gasteiger partial charge in [-0.2, -0.15) is 0 Å². The summed E-state index contributed by atoms with van der Waals surface area (Å²) in [6.07, 6.45) is 0. The number of carbonyl (C=O) groups excluding carboxylic acids is 2.